The van der Waals surface area contributed by atoms with Gasteiger partial charge in [0, 0.05) is 23.4 Å². The van der Waals surface area contributed by atoms with Crippen LogP contribution in [-0.2, 0) is 4.79 Å². The van der Waals surface area contributed by atoms with Crippen molar-refractivity contribution in [3.05, 3.63) is 58.1 Å². The predicted octanol–water partition coefficient (Wildman–Crippen LogP) is 2.82. The molecule has 0 aliphatic carbocycles. The monoisotopic (exact) mass is 344 g/mol. The minimum Gasteiger partial charge on any atom is -0.493 e. The van der Waals surface area contributed by atoms with Gasteiger partial charge in [-0.25, -0.2) is 0 Å². The van der Waals surface area contributed by atoms with Crippen molar-refractivity contribution < 1.29 is 24.0 Å². The van der Waals surface area contributed by atoms with Crippen molar-refractivity contribution in [3.63, 3.8) is 0 Å². The molecule has 2 aromatic rings. The number of nitro groups is 1. The number of benzene rings is 2. The van der Waals surface area contributed by atoms with Gasteiger partial charge in [0.2, 0.25) is 0 Å². The van der Waals surface area contributed by atoms with Crippen molar-refractivity contribution in [3.8, 4) is 11.5 Å². The summed E-state index contributed by atoms with van der Waals surface area (Å²) < 4.78 is 10.6. The second-order valence-electron chi connectivity index (χ2n) is 5.06. The van der Waals surface area contributed by atoms with Crippen LogP contribution in [0.25, 0.3) is 0 Å². The lowest BCUT2D eigenvalue weighted by Crippen LogP contribution is -2.20. The zero-order valence-corrected chi connectivity index (χ0v) is 13.6. The number of non-ortho nitro benzene ring substituents is 1. The third kappa shape index (κ3) is 4.77. The normalized spacial score (nSPS) is 10.0. The Labute approximate surface area is 143 Å². The van der Waals surface area contributed by atoms with E-state index in [4.69, 9.17) is 9.47 Å². The number of methoxy groups -OCH3 is 1. The van der Waals surface area contributed by atoms with Crippen LogP contribution in [-0.4, -0.2) is 30.3 Å². The lowest BCUT2D eigenvalue weighted by molar-refractivity contribution is -0.384. The minimum atomic E-state index is -0.522. The topological polar surface area (TPSA) is 108 Å². The number of anilines is 1. The highest BCUT2D eigenvalue weighted by molar-refractivity contribution is 5.95. The smallest absolute Gasteiger partial charge is 0.269 e. The summed E-state index contributed by atoms with van der Waals surface area (Å²) in [6, 6.07) is 10.1. The van der Waals surface area contributed by atoms with E-state index in [9.17, 15) is 19.7 Å². The molecule has 0 aromatic heterocycles. The molecule has 0 heterocycles. The highest BCUT2D eigenvalue weighted by Crippen LogP contribution is 2.28. The summed E-state index contributed by atoms with van der Waals surface area (Å²) >= 11 is 0. The second kappa shape index (κ2) is 7.91. The Morgan fingerprint density at radius 3 is 2.36 bits per heavy atom. The molecule has 8 nitrogen and oxygen atoms in total. The summed E-state index contributed by atoms with van der Waals surface area (Å²) in [5.74, 6) is 0.120. The number of rotatable bonds is 7. The molecule has 2 rings (SSSR count). The zero-order valence-electron chi connectivity index (χ0n) is 13.6. The van der Waals surface area contributed by atoms with E-state index in [0.29, 0.717) is 22.7 Å². The molecule has 0 saturated carbocycles. The number of carbonyl (C=O) groups is 2. The van der Waals surface area contributed by atoms with Gasteiger partial charge in [-0.15, -0.1) is 0 Å². The van der Waals surface area contributed by atoms with Crippen molar-refractivity contribution in [1.82, 2.24) is 0 Å². The first-order valence-corrected chi connectivity index (χ1v) is 7.27. The van der Waals surface area contributed by atoms with Gasteiger partial charge in [-0.2, -0.15) is 0 Å². The molecule has 1 N–H and O–H groups in total. The largest absolute Gasteiger partial charge is 0.493 e. The first kappa shape index (κ1) is 17.9. The third-order valence-electron chi connectivity index (χ3n) is 3.29. The number of nitro benzene ring substituents is 1. The molecule has 0 bridgehead atoms. The van der Waals surface area contributed by atoms with Crippen molar-refractivity contribution in [1.29, 1.82) is 0 Å². The maximum Gasteiger partial charge on any atom is 0.269 e. The van der Waals surface area contributed by atoms with E-state index in [2.05, 4.69) is 5.32 Å². The van der Waals surface area contributed by atoms with Crippen LogP contribution in [0.1, 0.15) is 17.3 Å². The average molecular weight is 344 g/mol. The summed E-state index contributed by atoms with van der Waals surface area (Å²) in [7, 11) is 1.43. The molecule has 8 heteroatoms. The Hall–Kier alpha value is -3.42. The molecule has 0 aliphatic rings. The molecule has 0 unspecified atom stereocenters. The van der Waals surface area contributed by atoms with Gasteiger partial charge in [-0.1, -0.05) is 0 Å². The molecule has 1 amide bonds. The van der Waals surface area contributed by atoms with Crippen molar-refractivity contribution in [2.75, 3.05) is 19.0 Å². The first-order chi connectivity index (χ1) is 11.9. The highest BCUT2D eigenvalue weighted by atomic mass is 16.6. The van der Waals surface area contributed by atoms with E-state index in [1.165, 1.54) is 44.4 Å². The molecule has 0 spiro atoms. The Bertz CT molecular complexity index is 801. The fraction of sp³-hybridized carbons (Fsp3) is 0.176. The SMILES string of the molecule is COc1cc(C(C)=O)ccc1OCC(=O)Nc1ccc([N+](=O)[O-])cc1. The lowest BCUT2D eigenvalue weighted by atomic mass is 10.1. The van der Waals surface area contributed by atoms with Crippen LogP contribution in [0.2, 0.25) is 0 Å². The van der Waals surface area contributed by atoms with E-state index in [0.717, 1.165) is 0 Å². The quantitative estimate of drug-likeness (QED) is 0.470. The second-order valence-corrected chi connectivity index (χ2v) is 5.06. The first-order valence-electron chi connectivity index (χ1n) is 7.27. The summed E-state index contributed by atoms with van der Waals surface area (Å²) in [5.41, 5.74) is 0.821. The van der Waals surface area contributed by atoms with Gasteiger partial charge in [0.15, 0.2) is 23.9 Å². The fourth-order valence-electron chi connectivity index (χ4n) is 2.01. The number of ketones is 1. The number of amides is 1. The number of hydrogen-bond donors (Lipinski definition) is 1. The van der Waals surface area contributed by atoms with E-state index < -0.39 is 10.8 Å². The van der Waals surface area contributed by atoms with Gasteiger partial charge in [-0.3, -0.25) is 19.7 Å². The number of nitrogens with one attached hydrogen (secondary N) is 1. The molecule has 130 valence electrons. The number of hydrogen-bond acceptors (Lipinski definition) is 6. The van der Waals surface area contributed by atoms with Crippen molar-refractivity contribution in [2.24, 2.45) is 0 Å². The molecule has 2 aromatic carbocycles. The minimum absolute atomic E-state index is 0.0652. The number of Topliss-reactive ketones (excluding diaryl/α,β-unsaturated/α-hetero) is 1. The summed E-state index contributed by atoms with van der Waals surface area (Å²) in [4.78, 5) is 33.3. The lowest BCUT2D eigenvalue weighted by Gasteiger charge is -2.11. The summed E-state index contributed by atoms with van der Waals surface area (Å²) in [6.45, 7) is 1.15. The van der Waals surface area contributed by atoms with Crippen LogP contribution in [0.4, 0.5) is 11.4 Å². The maximum absolute atomic E-state index is 11.9. The standard InChI is InChI=1S/C17H16N2O6/c1-11(20)12-3-8-15(16(9-12)24-2)25-10-17(21)18-13-4-6-14(7-5-13)19(22)23/h3-9H,10H2,1-2H3,(H,18,21). The molecular formula is C17H16N2O6. The average Bonchev–Trinajstić information content (AvgIpc) is 2.60. The van der Waals surface area contributed by atoms with Gasteiger partial charge in [-0.05, 0) is 37.3 Å². The number of ether oxygens (including phenoxy) is 2. The van der Waals surface area contributed by atoms with E-state index >= 15 is 0 Å². The summed E-state index contributed by atoms with van der Waals surface area (Å²) in [5, 5.41) is 13.1. The Morgan fingerprint density at radius 2 is 1.80 bits per heavy atom. The van der Waals surface area contributed by atoms with Gasteiger partial charge in [0.05, 0.1) is 12.0 Å². The van der Waals surface area contributed by atoms with Crippen molar-refractivity contribution in [2.45, 2.75) is 6.92 Å². The van der Waals surface area contributed by atoms with Crippen LogP contribution in [0.3, 0.4) is 0 Å². The van der Waals surface area contributed by atoms with Crippen molar-refractivity contribution >= 4 is 23.1 Å². The Balaban J connectivity index is 1.97. The van der Waals surface area contributed by atoms with Gasteiger partial charge >= 0.3 is 0 Å². The van der Waals surface area contributed by atoms with E-state index in [1.54, 1.807) is 12.1 Å². The maximum atomic E-state index is 11.9. The molecule has 0 radical (unpaired) electrons. The van der Waals surface area contributed by atoms with E-state index in [-0.39, 0.29) is 18.1 Å². The van der Waals surface area contributed by atoms with Gasteiger partial charge in [0.25, 0.3) is 11.6 Å². The molecular weight excluding hydrogens is 328 g/mol. The van der Waals surface area contributed by atoms with E-state index in [1.807, 2.05) is 0 Å². The number of carbonyl (C=O) groups excluding carboxylic acids is 2. The molecule has 0 aliphatic heterocycles. The fourth-order valence-corrected chi connectivity index (χ4v) is 2.01. The summed E-state index contributed by atoms with van der Waals surface area (Å²) in [6.07, 6.45) is 0. The Morgan fingerprint density at radius 1 is 1.12 bits per heavy atom. The highest BCUT2D eigenvalue weighted by Gasteiger charge is 2.11. The molecule has 0 atom stereocenters. The molecule has 0 fully saturated rings. The zero-order chi connectivity index (χ0) is 18.4. The van der Waals surface area contributed by atoms with Gasteiger partial charge < -0.3 is 14.8 Å². The van der Waals surface area contributed by atoms with Crippen LogP contribution in [0.15, 0.2) is 42.5 Å². The Kier molecular flexibility index (Phi) is 5.67. The van der Waals surface area contributed by atoms with Crippen LogP contribution in [0, 0.1) is 10.1 Å². The number of nitrogens with zero attached hydrogens (tertiary/aromatic N) is 1. The van der Waals surface area contributed by atoms with Gasteiger partial charge in [0.1, 0.15) is 0 Å². The molecule has 25 heavy (non-hydrogen) atoms. The van der Waals surface area contributed by atoms with Crippen LogP contribution >= 0.6 is 0 Å². The van der Waals surface area contributed by atoms with Crippen LogP contribution < -0.4 is 14.8 Å². The van der Waals surface area contributed by atoms with Crippen LogP contribution in [0.5, 0.6) is 11.5 Å². The predicted molar refractivity (Wildman–Crippen MR) is 90.2 cm³/mol. The third-order valence-corrected chi connectivity index (χ3v) is 3.29. The molecule has 0 saturated heterocycles.